The molecule has 3 aromatic heterocycles. The fraction of sp³-hybridized carbons (Fsp3) is 0.350. The molecule has 0 saturated carbocycles. The number of aryl methyl sites for hydroxylation is 1. The number of aromatic carboxylic acids is 1. The lowest BCUT2D eigenvalue weighted by Crippen LogP contribution is -2.22. The monoisotopic (exact) mass is 415 g/mol. The van der Waals surface area contributed by atoms with Crippen LogP contribution >= 0.6 is 0 Å². The highest BCUT2D eigenvalue weighted by Crippen LogP contribution is 2.45. The normalized spacial score (nSPS) is 17.3. The van der Waals surface area contributed by atoms with Crippen molar-refractivity contribution in [1.29, 1.82) is 0 Å². The van der Waals surface area contributed by atoms with Gasteiger partial charge in [0.25, 0.3) is 6.43 Å². The average molecular weight is 415 g/mol. The number of fused-ring (bicyclic) bond motifs is 3. The second kappa shape index (κ2) is 6.82. The molecule has 1 aliphatic rings. The summed E-state index contributed by atoms with van der Waals surface area (Å²) in [4.78, 5) is 32.1. The fourth-order valence-corrected chi connectivity index (χ4v) is 4.07. The average Bonchev–Trinajstić information content (AvgIpc) is 3.17. The highest BCUT2D eigenvalue weighted by molar-refractivity contribution is 5.97. The summed E-state index contributed by atoms with van der Waals surface area (Å²) in [6.45, 7) is 5.88. The number of carboxylic acid groups (broad SMARTS) is 1. The molecule has 1 atom stereocenters. The molecule has 10 heteroatoms. The summed E-state index contributed by atoms with van der Waals surface area (Å²) in [5, 5.41) is 16.1. The maximum Gasteiger partial charge on any atom is 0.354 e. The van der Waals surface area contributed by atoms with Crippen LogP contribution < -0.4 is 5.32 Å². The van der Waals surface area contributed by atoms with E-state index in [2.05, 4.69) is 20.4 Å². The topological polar surface area (TPSA) is 109 Å². The largest absolute Gasteiger partial charge is 0.476 e. The lowest BCUT2D eigenvalue weighted by atomic mass is 9.88. The zero-order valence-electron chi connectivity index (χ0n) is 16.5. The minimum atomic E-state index is -3.04. The van der Waals surface area contributed by atoms with Gasteiger partial charge in [0.2, 0.25) is 5.91 Å². The third kappa shape index (κ3) is 3.17. The van der Waals surface area contributed by atoms with Crippen LogP contribution in [0.25, 0.3) is 5.65 Å². The van der Waals surface area contributed by atoms with Crippen LogP contribution in [0.15, 0.2) is 24.5 Å². The lowest BCUT2D eigenvalue weighted by Gasteiger charge is -2.19. The molecule has 3 heterocycles. The molecule has 0 spiro atoms. The van der Waals surface area contributed by atoms with E-state index in [9.17, 15) is 18.4 Å². The van der Waals surface area contributed by atoms with Crippen molar-refractivity contribution in [2.75, 3.05) is 5.32 Å². The van der Waals surface area contributed by atoms with E-state index in [0.717, 1.165) is 29.2 Å². The highest BCUT2D eigenvalue weighted by Gasteiger charge is 2.43. The van der Waals surface area contributed by atoms with Gasteiger partial charge in [-0.1, -0.05) is 13.8 Å². The van der Waals surface area contributed by atoms with Gasteiger partial charge >= 0.3 is 5.97 Å². The molecular formula is C20H19F2N5O3. The van der Waals surface area contributed by atoms with E-state index in [1.54, 1.807) is 10.7 Å². The van der Waals surface area contributed by atoms with Crippen LogP contribution in [0.5, 0.6) is 0 Å². The maximum absolute atomic E-state index is 13.2. The van der Waals surface area contributed by atoms with Crippen molar-refractivity contribution in [2.24, 2.45) is 0 Å². The number of anilines is 1. The zero-order valence-corrected chi connectivity index (χ0v) is 16.5. The van der Waals surface area contributed by atoms with Crippen molar-refractivity contribution >= 4 is 23.2 Å². The van der Waals surface area contributed by atoms with Crippen LogP contribution in [-0.2, 0) is 10.2 Å². The van der Waals surface area contributed by atoms with Gasteiger partial charge < -0.3 is 10.4 Å². The Morgan fingerprint density at radius 3 is 2.67 bits per heavy atom. The van der Waals surface area contributed by atoms with E-state index >= 15 is 0 Å². The van der Waals surface area contributed by atoms with Gasteiger partial charge in [0.05, 0.1) is 34.8 Å². The number of amides is 1. The summed E-state index contributed by atoms with van der Waals surface area (Å²) >= 11 is 0. The van der Waals surface area contributed by atoms with E-state index in [0.29, 0.717) is 12.1 Å². The number of pyridine rings is 1. The number of aromatic nitrogens is 4. The number of alkyl halides is 2. The Balaban J connectivity index is 1.69. The molecule has 1 amide bonds. The Labute approximate surface area is 170 Å². The van der Waals surface area contributed by atoms with Gasteiger partial charge in [0.15, 0.2) is 11.3 Å². The Morgan fingerprint density at radius 2 is 2.00 bits per heavy atom. The van der Waals surface area contributed by atoms with Gasteiger partial charge in [-0.25, -0.2) is 28.1 Å². The minimum Gasteiger partial charge on any atom is -0.476 e. The quantitative estimate of drug-likeness (QED) is 0.675. The predicted molar refractivity (Wildman–Crippen MR) is 103 cm³/mol. The van der Waals surface area contributed by atoms with Gasteiger partial charge in [-0.3, -0.25) is 4.79 Å². The molecule has 156 valence electrons. The number of carboxylic acids is 1. The first kappa shape index (κ1) is 19.9. The van der Waals surface area contributed by atoms with Gasteiger partial charge in [0, 0.05) is 23.2 Å². The fourth-order valence-electron chi connectivity index (χ4n) is 4.07. The van der Waals surface area contributed by atoms with Gasteiger partial charge in [-0.2, -0.15) is 5.10 Å². The van der Waals surface area contributed by atoms with Gasteiger partial charge in [0.1, 0.15) is 0 Å². The molecule has 0 aromatic carbocycles. The summed E-state index contributed by atoms with van der Waals surface area (Å²) < 4.78 is 28.2. The molecule has 0 fully saturated rings. The molecule has 0 radical (unpaired) electrons. The van der Waals surface area contributed by atoms with Crippen LogP contribution in [0.1, 0.15) is 65.6 Å². The van der Waals surface area contributed by atoms with Gasteiger partial charge in [-0.15, -0.1) is 0 Å². The van der Waals surface area contributed by atoms with Crippen molar-refractivity contribution in [1.82, 2.24) is 19.6 Å². The molecule has 2 N–H and O–H groups in total. The van der Waals surface area contributed by atoms with Crippen molar-refractivity contribution in [3.8, 4) is 0 Å². The number of nitrogens with zero attached hydrogens (tertiary/aromatic N) is 4. The SMILES string of the molecule is Cc1cc2ncc3c(n2n1)C(C)(C)CC3C(=O)Nc1cnc(C(=O)O)c(C(F)F)c1. The van der Waals surface area contributed by atoms with Crippen LogP contribution in [0.2, 0.25) is 0 Å². The van der Waals surface area contributed by atoms with E-state index in [4.69, 9.17) is 5.11 Å². The molecule has 0 bridgehead atoms. The molecule has 1 unspecified atom stereocenters. The number of nitrogens with one attached hydrogen (secondary N) is 1. The van der Waals surface area contributed by atoms with Crippen LogP contribution in [0.3, 0.4) is 0 Å². The van der Waals surface area contributed by atoms with Crippen molar-refractivity contribution in [2.45, 2.75) is 45.0 Å². The third-order valence-electron chi connectivity index (χ3n) is 5.30. The number of carbonyl (C=O) groups excluding carboxylic acids is 1. The molecule has 1 aliphatic carbocycles. The Bertz CT molecular complexity index is 1190. The molecule has 8 nitrogen and oxygen atoms in total. The molecule has 0 saturated heterocycles. The summed E-state index contributed by atoms with van der Waals surface area (Å²) in [7, 11) is 0. The Morgan fingerprint density at radius 1 is 1.27 bits per heavy atom. The highest BCUT2D eigenvalue weighted by atomic mass is 19.3. The zero-order chi connectivity index (χ0) is 21.8. The van der Waals surface area contributed by atoms with Crippen molar-refractivity contribution in [3.05, 3.63) is 52.7 Å². The van der Waals surface area contributed by atoms with Crippen LogP contribution in [-0.4, -0.2) is 36.6 Å². The van der Waals surface area contributed by atoms with Crippen LogP contribution in [0, 0.1) is 6.92 Å². The molecule has 3 aromatic rings. The maximum atomic E-state index is 13.2. The molecule has 0 aliphatic heterocycles. The van der Waals surface area contributed by atoms with Crippen molar-refractivity contribution < 1.29 is 23.5 Å². The number of hydrogen-bond acceptors (Lipinski definition) is 5. The predicted octanol–water partition coefficient (Wildman–Crippen LogP) is 3.47. The van der Waals surface area contributed by atoms with E-state index in [1.807, 2.05) is 26.8 Å². The number of hydrogen-bond donors (Lipinski definition) is 2. The number of halogens is 2. The molecule has 30 heavy (non-hydrogen) atoms. The Hall–Kier alpha value is -3.43. The third-order valence-corrected chi connectivity index (χ3v) is 5.30. The minimum absolute atomic E-state index is 0.00975. The molecule has 4 rings (SSSR count). The summed E-state index contributed by atoms with van der Waals surface area (Å²) in [6.07, 6.45) is 0.163. The standard InChI is InChI=1S/C20H19F2N5O3/c1-9-4-14-23-8-13-12(6-20(2,3)16(13)27(14)26-9)18(28)25-10-5-11(17(21)22)15(19(29)30)24-7-10/h4-5,7-8,12,17H,6H2,1-3H3,(H,25,28)(H,29,30). The van der Waals surface area contributed by atoms with Crippen LogP contribution in [0.4, 0.5) is 14.5 Å². The second-order valence-corrected chi connectivity index (χ2v) is 8.02. The van der Waals surface area contributed by atoms with Gasteiger partial charge in [-0.05, 0) is 19.4 Å². The molecular weight excluding hydrogens is 396 g/mol. The van der Waals surface area contributed by atoms with Crippen molar-refractivity contribution in [3.63, 3.8) is 0 Å². The number of carbonyl (C=O) groups is 2. The summed E-state index contributed by atoms with van der Waals surface area (Å²) in [6, 6.07) is 2.80. The number of rotatable bonds is 4. The first-order valence-electron chi connectivity index (χ1n) is 9.26. The first-order chi connectivity index (χ1) is 14.1. The second-order valence-electron chi connectivity index (χ2n) is 8.02. The smallest absolute Gasteiger partial charge is 0.354 e. The lowest BCUT2D eigenvalue weighted by molar-refractivity contribution is -0.117. The summed E-state index contributed by atoms with van der Waals surface area (Å²) in [5.41, 5.74) is 1.26. The van der Waals surface area contributed by atoms with E-state index in [-0.39, 0.29) is 11.1 Å². The van der Waals surface area contributed by atoms with E-state index < -0.39 is 35.5 Å². The van der Waals surface area contributed by atoms with E-state index in [1.165, 1.54) is 0 Å². The Kier molecular flexibility index (Phi) is 4.52. The summed E-state index contributed by atoms with van der Waals surface area (Å²) in [5.74, 6) is -2.53. The first-order valence-corrected chi connectivity index (χ1v) is 9.26.